The number of carbonyl (C=O) groups is 1. The molecule has 1 amide bonds. The zero-order chi connectivity index (χ0) is 31.3. The number of hydrazone groups is 1. The average molecular weight is 646 g/mol. The highest BCUT2D eigenvalue weighted by Crippen LogP contribution is 2.50. The summed E-state index contributed by atoms with van der Waals surface area (Å²) in [6, 6.07) is 31.8. The minimum absolute atomic E-state index is 0.0159. The molecule has 0 radical (unpaired) electrons. The van der Waals surface area contributed by atoms with Crippen molar-refractivity contribution < 1.29 is 18.0 Å². The Bertz CT molecular complexity index is 1650. The van der Waals surface area contributed by atoms with E-state index in [2.05, 4.69) is 38.2 Å². The van der Waals surface area contributed by atoms with E-state index in [-0.39, 0.29) is 20.8 Å². The molecule has 1 aliphatic heterocycles. The Morgan fingerprint density at radius 2 is 1.57 bits per heavy atom. The second kappa shape index (κ2) is 13.5. The van der Waals surface area contributed by atoms with E-state index >= 15 is 4.39 Å². The first-order chi connectivity index (χ1) is 21.1. The number of halogens is 2. The maximum Gasteiger partial charge on any atom is 0.257 e. The summed E-state index contributed by atoms with van der Waals surface area (Å²) < 4.78 is 36.2. The number of nitrogens with one attached hydrogen (secondary N) is 1. The van der Waals surface area contributed by atoms with Gasteiger partial charge < -0.3 is 4.43 Å². The third-order valence-corrected chi connectivity index (χ3v) is 12.1. The van der Waals surface area contributed by atoms with Crippen molar-refractivity contribution in [2.45, 2.75) is 37.1 Å². The van der Waals surface area contributed by atoms with Crippen LogP contribution >= 0.6 is 24.0 Å². The highest BCUT2D eigenvalue weighted by atomic mass is 32.2. The lowest BCUT2D eigenvalue weighted by Gasteiger charge is -2.38. The molecule has 4 aromatic carbocycles. The number of carbonyl (C=O) groups excluding carboxylic acids is 1. The number of thioether (sulfide) groups is 1. The van der Waals surface area contributed by atoms with Gasteiger partial charge in [-0.1, -0.05) is 111 Å². The maximum atomic E-state index is 15.1. The van der Waals surface area contributed by atoms with Gasteiger partial charge in [-0.15, -0.1) is 0 Å². The Morgan fingerprint density at radius 1 is 0.955 bits per heavy atom. The number of nitrogens with zero attached hydrogens (tertiary/aromatic N) is 2. The smallest absolute Gasteiger partial charge is 0.257 e. The van der Waals surface area contributed by atoms with Gasteiger partial charge in [0.15, 0.2) is 5.11 Å². The SMILES string of the molecule is CC(C)(C)[SiH](OCCC1(c2ccccc2)SC(c2cc(F)ccc2F)=NN1C(=S)NC(=O)c1ccccc1)c1ccccc1. The van der Waals surface area contributed by atoms with E-state index in [0.29, 0.717) is 18.6 Å². The number of thiocarbonyl (C=S) groups is 1. The Hall–Kier alpha value is -3.70. The second-order valence-electron chi connectivity index (χ2n) is 11.5. The lowest BCUT2D eigenvalue weighted by atomic mass is 10.0. The highest BCUT2D eigenvalue weighted by Gasteiger charge is 2.48. The fraction of sp³-hybridized carbons (Fsp3) is 0.206. The average Bonchev–Trinajstić information content (AvgIpc) is 3.42. The van der Waals surface area contributed by atoms with Crippen LogP contribution in [-0.2, 0) is 9.30 Å². The summed E-state index contributed by atoms with van der Waals surface area (Å²) in [6.45, 7) is 6.89. The van der Waals surface area contributed by atoms with Gasteiger partial charge in [-0.05, 0) is 58.3 Å². The van der Waals surface area contributed by atoms with E-state index in [1.54, 1.807) is 29.3 Å². The van der Waals surface area contributed by atoms with Crippen molar-refractivity contribution in [2.24, 2.45) is 5.10 Å². The molecule has 1 heterocycles. The summed E-state index contributed by atoms with van der Waals surface area (Å²) in [5.41, 5.74) is 1.27. The summed E-state index contributed by atoms with van der Waals surface area (Å²) in [7, 11) is -1.94. The molecule has 0 aromatic heterocycles. The molecule has 4 aromatic rings. The fourth-order valence-corrected chi connectivity index (χ4v) is 9.49. The van der Waals surface area contributed by atoms with Crippen LogP contribution in [0.15, 0.2) is 114 Å². The predicted molar refractivity (Wildman–Crippen MR) is 180 cm³/mol. The van der Waals surface area contributed by atoms with Crippen LogP contribution in [0.3, 0.4) is 0 Å². The first-order valence-electron chi connectivity index (χ1n) is 14.2. The zero-order valence-electron chi connectivity index (χ0n) is 24.7. The molecule has 0 saturated heterocycles. The van der Waals surface area contributed by atoms with Crippen molar-refractivity contribution >= 4 is 54.3 Å². The van der Waals surface area contributed by atoms with Crippen LogP contribution in [0.25, 0.3) is 0 Å². The summed E-state index contributed by atoms with van der Waals surface area (Å²) in [6.07, 6.45) is 0.388. The fourth-order valence-electron chi connectivity index (χ4n) is 5.16. The topological polar surface area (TPSA) is 53.9 Å². The van der Waals surface area contributed by atoms with Crippen molar-refractivity contribution in [1.29, 1.82) is 0 Å². The Balaban J connectivity index is 1.54. The largest absolute Gasteiger partial charge is 0.415 e. The molecule has 2 atom stereocenters. The van der Waals surface area contributed by atoms with Crippen LogP contribution in [0.4, 0.5) is 8.78 Å². The van der Waals surface area contributed by atoms with Gasteiger partial charge in [0.05, 0.1) is 0 Å². The van der Waals surface area contributed by atoms with Crippen molar-refractivity contribution in [2.75, 3.05) is 6.61 Å². The molecule has 5 nitrogen and oxygen atoms in total. The lowest BCUT2D eigenvalue weighted by molar-refractivity contribution is 0.0969. The van der Waals surface area contributed by atoms with E-state index in [1.807, 2.05) is 54.6 Å². The van der Waals surface area contributed by atoms with Crippen molar-refractivity contribution in [3.05, 3.63) is 138 Å². The molecule has 5 rings (SSSR count). The van der Waals surface area contributed by atoms with Crippen LogP contribution in [0, 0.1) is 11.6 Å². The monoisotopic (exact) mass is 645 g/mol. The summed E-state index contributed by atoms with van der Waals surface area (Å²) in [4.78, 5) is 12.1. The van der Waals surface area contributed by atoms with Gasteiger partial charge in [-0.2, -0.15) is 5.10 Å². The first kappa shape index (κ1) is 31.7. The van der Waals surface area contributed by atoms with Gasteiger partial charge in [0.25, 0.3) is 5.91 Å². The molecular formula is C34H33F2N3O2S2Si. The molecule has 44 heavy (non-hydrogen) atoms. The summed E-state index contributed by atoms with van der Waals surface area (Å²) in [5, 5.41) is 10.5. The minimum atomic E-state index is -1.94. The number of hydrogen-bond donors (Lipinski definition) is 1. The maximum absolute atomic E-state index is 15.1. The third-order valence-electron chi connectivity index (χ3n) is 7.25. The van der Waals surface area contributed by atoms with Gasteiger partial charge in [-0.3, -0.25) is 10.1 Å². The van der Waals surface area contributed by atoms with Crippen LogP contribution in [0.2, 0.25) is 5.04 Å². The first-order valence-corrected chi connectivity index (χ1v) is 17.1. The number of rotatable bonds is 8. The van der Waals surface area contributed by atoms with E-state index in [1.165, 1.54) is 16.9 Å². The standard InChI is InChI=1S/C34H33F2N3O2S2Si/c1-33(2,3)44(27-17-11-6-12-18-27)41-22-21-34(25-15-9-5-10-16-25)39(32(42)37-30(40)24-13-7-4-8-14-24)38-31(43-34)28-23-26(35)19-20-29(28)36/h4-20,23,44H,21-22H2,1-3H3,(H,37,40,42). The molecule has 1 N–H and O–H groups in total. The van der Waals surface area contributed by atoms with Crippen LogP contribution in [0.5, 0.6) is 0 Å². The molecule has 0 bridgehead atoms. The van der Waals surface area contributed by atoms with Crippen molar-refractivity contribution in [3.63, 3.8) is 0 Å². The third kappa shape index (κ3) is 6.99. The van der Waals surface area contributed by atoms with Crippen LogP contribution in [0.1, 0.15) is 48.7 Å². The second-order valence-corrected chi connectivity index (χ2v) is 16.6. The lowest BCUT2D eigenvalue weighted by Crippen LogP contribution is -2.49. The molecule has 0 saturated carbocycles. The molecule has 226 valence electrons. The Kier molecular flexibility index (Phi) is 9.74. The van der Waals surface area contributed by atoms with Gasteiger partial charge in [0.2, 0.25) is 9.04 Å². The number of hydrogen-bond acceptors (Lipinski definition) is 5. The van der Waals surface area contributed by atoms with Gasteiger partial charge in [0.1, 0.15) is 21.5 Å². The molecule has 0 spiro atoms. The zero-order valence-corrected chi connectivity index (χ0v) is 27.5. The molecule has 10 heteroatoms. The summed E-state index contributed by atoms with van der Waals surface area (Å²) in [5.74, 6) is -1.59. The van der Waals surface area contributed by atoms with Gasteiger partial charge in [-0.25, -0.2) is 13.8 Å². The number of benzene rings is 4. The molecule has 1 aliphatic rings. The molecule has 0 aliphatic carbocycles. The predicted octanol–water partition coefficient (Wildman–Crippen LogP) is 7.08. The van der Waals surface area contributed by atoms with Crippen molar-refractivity contribution in [1.82, 2.24) is 10.3 Å². The normalized spacial score (nSPS) is 17.2. The van der Waals surface area contributed by atoms with Crippen LogP contribution < -0.4 is 10.5 Å². The summed E-state index contributed by atoms with van der Waals surface area (Å²) >= 11 is 7.08. The molecule has 0 fully saturated rings. The Morgan fingerprint density at radius 3 is 2.20 bits per heavy atom. The van der Waals surface area contributed by atoms with Gasteiger partial charge >= 0.3 is 0 Å². The van der Waals surface area contributed by atoms with E-state index in [0.717, 1.165) is 23.8 Å². The van der Waals surface area contributed by atoms with Crippen molar-refractivity contribution in [3.8, 4) is 0 Å². The van der Waals surface area contributed by atoms with E-state index in [4.69, 9.17) is 21.7 Å². The molecule has 2 unspecified atom stereocenters. The van der Waals surface area contributed by atoms with E-state index in [9.17, 15) is 9.18 Å². The quantitative estimate of drug-likeness (QED) is 0.164. The minimum Gasteiger partial charge on any atom is -0.415 e. The van der Waals surface area contributed by atoms with Crippen LogP contribution in [-0.4, -0.2) is 36.7 Å². The number of amides is 1. The van der Waals surface area contributed by atoms with E-state index < -0.39 is 31.5 Å². The Labute approximate surface area is 268 Å². The molecular weight excluding hydrogens is 613 g/mol. The highest BCUT2D eigenvalue weighted by molar-refractivity contribution is 8.15. The van der Waals surface area contributed by atoms with Gasteiger partial charge in [0, 0.05) is 24.2 Å².